The Balaban J connectivity index is 1.96. The predicted molar refractivity (Wildman–Crippen MR) is 91.6 cm³/mol. The largest absolute Gasteiger partial charge is 0.453 e. The van der Waals surface area contributed by atoms with Crippen LogP contribution in [0.2, 0.25) is 0 Å². The minimum Gasteiger partial charge on any atom is -0.450 e. The molecule has 0 radical (unpaired) electrons. The molecular formula is C16H21F3N6O3. The fourth-order valence-corrected chi connectivity index (χ4v) is 2.57. The lowest BCUT2D eigenvalue weighted by Crippen LogP contribution is -2.35. The molecule has 0 aliphatic rings. The Hall–Kier alpha value is -2.92. The van der Waals surface area contributed by atoms with Gasteiger partial charge < -0.3 is 15.4 Å². The van der Waals surface area contributed by atoms with Gasteiger partial charge in [0, 0.05) is 30.9 Å². The molecule has 0 aliphatic carbocycles. The monoisotopic (exact) mass is 402 g/mol. The van der Waals surface area contributed by atoms with E-state index >= 15 is 0 Å². The van der Waals surface area contributed by atoms with Crippen molar-refractivity contribution in [3.05, 3.63) is 22.8 Å². The predicted octanol–water partition coefficient (Wildman–Crippen LogP) is 1.55. The molecule has 9 nitrogen and oxygen atoms in total. The van der Waals surface area contributed by atoms with Gasteiger partial charge in [0.2, 0.25) is 5.91 Å². The van der Waals surface area contributed by atoms with Crippen molar-refractivity contribution >= 4 is 17.8 Å². The molecule has 0 bridgehead atoms. The number of rotatable bonds is 7. The van der Waals surface area contributed by atoms with Crippen LogP contribution in [0.25, 0.3) is 5.78 Å². The number of aryl methyl sites for hydroxylation is 2. The molecule has 2 aromatic heterocycles. The summed E-state index contributed by atoms with van der Waals surface area (Å²) < 4.78 is 44.1. The molecule has 12 heteroatoms. The summed E-state index contributed by atoms with van der Waals surface area (Å²) in [5.41, 5.74) is 1.57. The summed E-state index contributed by atoms with van der Waals surface area (Å²) >= 11 is 0. The molecule has 0 aliphatic heterocycles. The molecule has 0 unspecified atom stereocenters. The number of alkyl halides is 3. The third kappa shape index (κ3) is 5.30. The van der Waals surface area contributed by atoms with Crippen molar-refractivity contribution < 1.29 is 27.5 Å². The molecule has 2 N–H and O–H groups in total. The second-order valence-electron chi connectivity index (χ2n) is 5.90. The molecule has 0 saturated carbocycles. The van der Waals surface area contributed by atoms with E-state index in [2.05, 4.69) is 30.4 Å². The molecule has 28 heavy (non-hydrogen) atoms. The zero-order chi connectivity index (χ0) is 20.9. The number of ether oxygens (including phenoxy) is 1. The number of aromatic nitrogens is 4. The van der Waals surface area contributed by atoms with Crippen molar-refractivity contribution in [2.75, 3.05) is 19.7 Å². The molecule has 0 saturated heterocycles. The average Bonchev–Trinajstić information content (AvgIpc) is 3.03. The van der Waals surface area contributed by atoms with E-state index in [4.69, 9.17) is 0 Å². The number of amides is 2. The highest BCUT2D eigenvalue weighted by molar-refractivity contribution is 5.76. The van der Waals surface area contributed by atoms with E-state index in [9.17, 15) is 22.8 Å². The van der Waals surface area contributed by atoms with Crippen molar-refractivity contribution in [2.24, 2.45) is 0 Å². The molecule has 0 spiro atoms. The first kappa shape index (κ1) is 21.4. The van der Waals surface area contributed by atoms with Gasteiger partial charge in [-0.2, -0.15) is 18.2 Å². The van der Waals surface area contributed by atoms with E-state index < -0.39 is 18.1 Å². The molecule has 2 amide bonds. The van der Waals surface area contributed by atoms with Crippen molar-refractivity contribution in [3.8, 4) is 0 Å². The van der Waals surface area contributed by atoms with E-state index in [1.165, 1.54) is 0 Å². The lowest BCUT2D eigenvalue weighted by molar-refractivity contribution is -0.144. The Morgan fingerprint density at radius 3 is 2.46 bits per heavy atom. The van der Waals surface area contributed by atoms with Crippen LogP contribution in [0.1, 0.15) is 36.1 Å². The van der Waals surface area contributed by atoms with Crippen LogP contribution in [0, 0.1) is 13.8 Å². The van der Waals surface area contributed by atoms with E-state index in [1.807, 2.05) is 0 Å². The topological polar surface area (TPSA) is 111 Å². The van der Waals surface area contributed by atoms with E-state index in [1.54, 1.807) is 20.8 Å². The Labute approximate surface area is 158 Å². The number of carbonyl (C=O) groups is 2. The Bertz CT molecular complexity index is 865. The lowest BCUT2D eigenvalue weighted by Gasteiger charge is -2.11. The number of alkyl carbamates (subject to hydrolysis) is 1. The minimum absolute atomic E-state index is 0.106. The third-order valence-corrected chi connectivity index (χ3v) is 3.90. The highest BCUT2D eigenvalue weighted by Gasteiger charge is 2.36. The van der Waals surface area contributed by atoms with Crippen LogP contribution in [0.4, 0.5) is 18.0 Å². The molecule has 2 heterocycles. The normalized spacial score (nSPS) is 11.5. The number of fused-ring (bicyclic) bond motifs is 1. The van der Waals surface area contributed by atoms with Crippen LogP contribution in [0.15, 0.2) is 0 Å². The summed E-state index contributed by atoms with van der Waals surface area (Å²) in [4.78, 5) is 30.5. The molecule has 0 aromatic carbocycles. The van der Waals surface area contributed by atoms with Gasteiger partial charge in [0.05, 0.1) is 6.61 Å². The lowest BCUT2D eigenvalue weighted by atomic mass is 10.1. The molecule has 154 valence electrons. The maximum absolute atomic E-state index is 12.8. The van der Waals surface area contributed by atoms with Crippen LogP contribution < -0.4 is 10.6 Å². The van der Waals surface area contributed by atoms with Crippen molar-refractivity contribution in [2.45, 2.75) is 39.8 Å². The summed E-state index contributed by atoms with van der Waals surface area (Å²) in [7, 11) is 0. The highest BCUT2D eigenvalue weighted by Crippen LogP contribution is 2.27. The second kappa shape index (κ2) is 8.85. The van der Waals surface area contributed by atoms with Gasteiger partial charge in [0.15, 0.2) is 0 Å². The first-order chi connectivity index (χ1) is 13.1. The van der Waals surface area contributed by atoms with Crippen molar-refractivity contribution in [1.82, 2.24) is 30.2 Å². The fraction of sp³-hybridized carbons (Fsp3) is 0.562. The summed E-state index contributed by atoms with van der Waals surface area (Å²) in [5.74, 6) is -1.66. The minimum atomic E-state index is -4.66. The number of nitrogens with one attached hydrogen (secondary N) is 2. The SMILES string of the molecule is CCOC(=O)NCCNC(=O)CCc1c(C)nc2nc(C(F)(F)F)nn2c1C. The Kier molecular flexibility index (Phi) is 6.75. The van der Waals surface area contributed by atoms with Gasteiger partial charge in [0.1, 0.15) is 0 Å². The van der Waals surface area contributed by atoms with E-state index in [0.29, 0.717) is 17.0 Å². The van der Waals surface area contributed by atoms with Crippen molar-refractivity contribution in [1.29, 1.82) is 0 Å². The fourth-order valence-electron chi connectivity index (χ4n) is 2.57. The van der Waals surface area contributed by atoms with E-state index in [0.717, 1.165) is 4.52 Å². The Morgan fingerprint density at radius 2 is 1.82 bits per heavy atom. The molecule has 2 rings (SSSR count). The van der Waals surface area contributed by atoms with Gasteiger partial charge >= 0.3 is 12.3 Å². The summed E-state index contributed by atoms with van der Waals surface area (Å²) in [6.45, 7) is 5.63. The molecule has 2 aromatic rings. The van der Waals surface area contributed by atoms with Gasteiger partial charge in [-0.25, -0.2) is 14.3 Å². The number of nitrogens with zero attached hydrogens (tertiary/aromatic N) is 4. The molecular weight excluding hydrogens is 381 g/mol. The number of hydrogen-bond acceptors (Lipinski definition) is 6. The van der Waals surface area contributed by atoms with Crippen LogP contribution in [0.3, 0.4) is 0 Å². The summed E-state index contributed by atoms with van der Waals surface area (Å²) in [5, 5.41) is 8.58. The first-order valence-electron chi connectivity index (χ1n) is 8.60. The van der Waals surface area contributed by atoms with Gasteiger partial charge in [-0.1, -0.05) is 0 Å². The van der Waals surface area contributed by atoms with Crippen molar-refractivity contribution in [3.63, 3.8) is 0 Å². The van der Waals surface area contributed by atoms with E-state index in [-0.39, 0.29) is 44.2 Å². The van der Waals surface area contributed by atoms with Crippen LogP contribution in [-0.2, 0) is 22.1 Å². The molecule has 0 fully saturated rings. The maximum Gasteiger partial charge on any atom is 0.453 e. The number of carbonyl (C=O) groups excluding carboxylic acids is 2. The smallest absolute Gasteiger partial charge is 0.450 e. The van der Waals surface area contributed by atoms with Crippen LogP contribution >= 0.6 is 0 Å². The van der Waals surface area contributed by atoms with Crippen LogP contribution in [-0.4, -0.2) is 51.3 Å². The third-order valence-electron chi connectivity index (χ3n) is 3.90. The zero-order valence-electron chi connectivity index (χ0n) is 15.7. The van der Waals surface area contributed by atoms with Crippen LogP contribution in [0.5, 0.6) is 0 Å². The first-order valence-corrected chi connectivity index (χ1v) is 8.60. The number of hydrogen-bond donors (Lipinski definition) is 2. The quantitative estimate of drug-likeness (QED) is 0.680. The average molecular weight is 402 g/mol. The maximum atomic E-state index is 12.8. The second-order valence-corrected chi connectivity index (χ2v) is 5.90. The Morgan fingerprint density at radius 1 is 1.14 bits per heavy atom. The summed E-state index contributed by atoms with van der Waals surface area (Å²) in [6.07, 6.45) is -4.84. The number of halogens is 3. The van der Waals surface area contributed by atoms with Gasteiger partial charge in [-0.05, 0) is 32.8 Å². The highest BCUT2D eigenvalue weighted by atomic mass is 19.4. The summed E-state index contributed by atoms with van der Waals surface area (Å²) in [6, 6.07) is 0. The standard InChI is InChI=1S/C16H21F3N6O3/c1-4-28-15(27)21-8-7-20-12(26)6-5-11-9(2)22-14-23-13(16(17,18)19)24-25(14)10(11)3/h4-8H2,1-3H3,(H,20,26)(H,21,27). The van der Waals surface area contributed by atoms with Gasteiger partial charge in [-0.3, -0.25) is 4.79 Å². The zero-order valence-corrected chi connectivity index (χ0v) is 15.7. The molecule has 0 atom stereocenters. The van der Waals surface area contributed by atoms with Gasteiger partial charge in [0.25, 0.3) is 11.6 Å². The van der Waals surface area contributed by atoms with Gasteiger partial charge in [-0.15, -0.1) is 5.10 Å².